The third kappa shape index (κ3) is 1.75. The number of nitrogens with zero attached hydrogens (tertiary/aromatic N) is 1. The van der Waals surface area contributed by atoms with Crippen LogP contribution in [0.2, 0.25) is 5.02 Å². The van der Waals surface area contributed by atoms with E-state index in [1.165, 1.54) is 4.70 Å². The fraction of sp³-hybridized carbons (Fsp3) is 0.300. The minimum Gasteiger partial charge on any atom is -0.330 e. The van der Waals surface area contributed by atoms with Gasteiger partial charge in [0.1, 0.15) is 0 Å². The summed E-state index contributed by atoms with van der Waals surface area (Å²) >= 11 is 7.57. The van der Waals surface area contributed by atoms with E-state index >= 15 is 0 Å². The Bertz CT molecular complexity index is 452. The highest BCUT2D eigenvalue weighted by Crippen LogP contribution is 2.28. The topological polar surface area (TPSA) is 38.9 Å². The Morgan fingerprint density at radius 3 is 3.07 bits per heavy atom. The van der Waals surface area contributed by atoms with E-state index in [2.05, 4.69) is 11.9 Å². The van der Waals surface area contributed by atoms with Gasteiger partial charge in [-0.25, -0.2) is 4.98 Å². The minimum absolute atomic E-state index is 0.325. The maximum absolute atomic E-state index is 5.88. The summed E-state index contributed by atoms with van der Waals surface area (Å²) in [6.07, 6.45) is 0. The molecule has 14 heavy (non-hydrogen) atoms. The first-order valence-electron chi connectivity index (χ1n) is 4.46. The molecule has 0 bridgehead atoms. The maximum atomic E-state index is 5.88. The maximum Gasteiger partial charge on any atom is 0.0979 e. The van der Waals surface area contributed by atoms with Gasteiger partial charge >= 0.3 is 0 Å². The van der Waals surface area contributed by atoms with E-state index in [1.807, 2.05) is 18.2 Å². The summed E-state index contributed by atoms with van der Waals surface area (Å²) in [5.74, 6) is 0.325. The van der Waals surface area contributed by atoms with Crippen molar-refractivity contribution < 1.29 is 0 Å². The summed E-state index contributed by atoms with van der Waals surface area (Å²) in [4.78, 5) is 4.50. The molecule has 1 heterocycles. The molecule has 2 rings (SSSR count). The molecule has 0 aliphatic rings. The first-order chi connectivity index (χ1) is 6.70. The van der Waals surface area contributed by atoms with Crippen LogP contribution in [-0.4, -0.2) is 11.5 Å². The number of aromatic nitrogens is 1. The van der Waals surface area contributed by atoms with Crippen LogP contribution in [-0.2, 0) is 0 Å². The van der Waals surface area contributed by atoms with Gasteiger partial charge in [-0.3, -0.25) is 0 Å². The van der Waals surface area contributed by atoms with Crippen molar-refractivity contribution in [3.63, 3.8) is 0 Å². The molecular formula is C10H11ClN2S. The molecule has 0 fully saturated rings. The van der Waals surface area contributed by atoms with Gasteiger partial charge in [0.15, 0.2) is 0 Å². The van der Waals surface area contributed by atoms with Crippen molar-refractivity contribution in [2.75, 3.05) is 6.54 Å². The van der Waals surface area contributed by atoms with E-state index in [0.717, 1.165) is 15.5 Å². The van der Waals surface area contributed by atoms with Crippen molar-refractivity contribution >= 4 is 33.2 Å². The second kappa shape index (κ2) is 3.85. The van der Waals surface area contributed by atoms with Gasteiger partial charge in [0.2, 0.25) is 0 Å². The average molecular weight is 227 g/mol. The molecule has 2 N–H and O–H groups in total. The van der Waals surface area contributed by atoms with Gasteiger partial charge in [-0.1, -0.05) is 18.5 Å². The molecule has 0 saturated heterocycles. The van der Waals surface area contributed by atoms with E-state index in [4.69, 9.17) is 17.3 Å². The number of benzene rings is 1. The molecule has 2 aromatic rings. The highest BCUT2D eigenvalue weighted by molar-refractivity contribution is 7.18. The Morgan fingerprint density at radius 2 is 2.36 bits per heavy atom. The molecule has 0 aliphatic carbocycles. The van der Waals surface area contributed by atoms with E-state index in [0.29, 0.717) is 12.5 Å². The largest absolute Gasteiger partial charge is 0.330 e. The molecule has 1 atom stereocenters. The summed E-state index contributed by atoms with van der Waals surface area (Å²) in [6.45, 7) is 2.72. The lowest BCUT2D eigenvalue weighted by atomic mass is 10.2. The van der Waals surface area contributed by atoms with Crippen LogP contribution >= 0.6 is 22.9 Å². The molecular weight excluding hydrogens is 216 g/mol. The van der Waals surface area contributed by atoms with Crippen LogP contribution in [0.25, 0.3) is 10.2 Å². The smallest absolute Gasteiger partial charge is 0.0979 e. The molecule has 2 nitrogen and oxygen atoms in total. The highest BCUT2D eigenvalue weighted by Gasteiger charge is 2.09. The monoisotopic (exact) mass is 226 g/mol. The first kappa shape index (κ1) is 9.90. The van der Waals surface area contributed by atoms with Gasteiger partial charge < -0.3 is 5.73 Å². The Labute approximate surface area is 91.7 Å². The number of halogens is 1. The molecule has 0 saturated carbocycles. The number of thiazole rings is 1. The number of rotatable bonds is 2. The third-order valence-corrected chi connectivity index (χ3v) is 3.64. The van der Waals surface area contributed by atoms with Gasteiger partial charge in [-0.15, -0.1) is 11.3 Å². The minimum atomic E-state index is 0.325. The van der Waals surface area contributed by atoms with Gasteiger partial charge in [0.05, 0.1) is 15.2 Å². The van der Waals surface area contributed by atoms with Gasteiger partial charge in [-0.05, 0) is 18.2 Å². The highest BCUT2D eigenvalue weighted by atomic mass is 35.5. The fourth-order valence-corrected chi connectivity index (χ4v) is 2.41. The van der Waals surface area contributed by atoms with Gasteiger partial charge in [0, 0.05) is 17.5 Å². The van der Waals surface area contributed by atoms with Crippen molar-refractivity contribution in [2.24, 2.45) is 5.73 Å². The van der Waals surface area contributed by atoms with Gasteiger partial charge in [0.25, 0.3) is 0 Å². The number of fused-ring (bicyclic) bond motifs is 1. The zero-order chi connectivity index (χ0) is 10.1. The predicted octanol–water partition coefficient (Wildman–Crippen LogP) is 3.01. The van der Waals surface area contributed by atoms with Crippen LogP contribution in [0.4, 0.5) is 0 Å². The molecule has 0 amide bonds. The predicted molar refractivity (Wildman–Crippen MR) is 62.1 cm³/mol. The van der Waals surface area contributed by atoms with E-state index in [9.17, 15) is 0 Å². The first-order valence-corrected chi connectivity index (χ1v) is 5.66. The standard InChI is InChI=1S/C10H11ClN2S/c1-6(5-12)10-13-8-4-7(11)2-3-9(8)14-10/h2-4,6H,5,12H2,1H3. The van der Waals surface area contributed by atoms with Crippen LogP contribution in [0.1, 0.15) is 17.8 Å². The van der Waals surface area contributed by atoms with E-state index in [1.54, 1.807) is 11.3 Å². The Hall–Kier alpha value is -0.640. The van der Waals surface area contributed by atoms with E-state index < -0.39 is 0 Å². The zero-order valence-corrected chi connectivity index (χ0v) is 9.40. The summed E-state index contributed by atoms with van der Waals surface area (Å²) < 4.78 is 1.17. The van der Waals surface area contributed by atoms with Crippen LogP contribution in [0.5, 0.6) is 0 Å². The quantitative estimate of drug-likeness (QED) is 0.855. The molecule has 1 aromatic carbocycles. The molecule has 0 spiro atoms. The lowest BCUT2D eigenvalue weighted by Gasteiger charge is -2.00. The second-order valence-corrected chi connectivity index (χ2v) is 4.80. The molecule has 1 aromatic heterocycles. The number of nitrogens with two attached hydrogens (primary N) is 1. The molecule has 0 radical (unpaired) electrons. The molecule has 74 valence electrons. The molecule has 4 heteroatoms. The summed E-state index contributed by atoms with van der Waals surface area (Å²) in [7, 11) is 0. The summed E-state index contributed by atoms with van der Waals surface area (Å²) in [6, 6.07) is 5.78. The summed E-state index contributed by atoms with van der Waals surface area (Å²) in [5, 5.41) is 1.82. The summed E-state index contributed by atoms with van der Waals surface area (Å²) in [5.41, 5.74) is 6.57. The Kier molecular flexibility index (Phi) is 2.72. The Morgan fingerprint density at radius 1 is 1.57 bits per heavy atom. The van der Waals surface area contributed by atoms with E-state index in [-0.39, 0.29) is 0 Å². The SMILES string of the molecule is CC(CN)c1nc2cc(Cl)ccc2s1. The van der Waals surface area contributed by atoms with Crippen molar-refractivity contribution in [1.82, 2.24) is 4.98 Å². The average Bonchev–Trinajstić information content (AvgIpc) is 2.59. The van der Waals surface area contributed by atoms with Crippen LogP contribution < -0.4 is 5.73 Å². The van der Waals surface area contributed by atoms with Crippen molar-refractivity contribution in [3.05, 3.63) is 28.2 Å². The van der Waals surface area contributed by atoms with Crippen LogP contribution in [0.15, 0.2) is 18.2 Å². The van der Waals surface area contributed by atoms with Gasteiger partial charge in [-0.2, -0.15) is 0 Å². The fourth-order valence-electron chi connectivity index (χ4n) is 1.23. The number of hydrogen-bond acceptors (Lipinski definition) is 3. The Balaban J connectivity index is 2.51. The molecule has 0 aliphatic heterocycles. The second-order valence-electron chi connectivity index (χ2n) is 3.30. The van der Waals surface area contributed by atoms with Crippen molar-refractivity contribution in [1.29, 1.82) is 0 Å². The lowest BCUT2D eigenvalue weighted by molar-refractivity contribution is 0.768. The van der Waals surface area contributed by atoms with Crippen LogP contribution in [0, 0.1) is 0 Å². The normalized spacial score (nSPS) is 13.4. The third-order valence-electron chi connectivity index (χ3n) is 2.14. The van der Waals surface area contributed by atoms with Crippen molar-refractivity contribution in [3.8, 4) is 0 Å². The zero-order valence-electron chi connectivity index (χ0n) is 7.83. The lowest BCUT2D eigenvalue weighted by Crippen LogP contribution is -2.08. The van der Waals surface area contributed by atoms with Crippen LogP contribution in [0.3, 0.4) is 0 Å². The number of hydrogen-bond donors (Lipinski definition) is 1. The van der Waals surface area contributed by atoms with Crippen molar-refractivity contribution in [2.45, 2.75) is 12.8 Å². The molecule has 1 unspecified atom stereocenters.